The third-order valence-electron chi connectivity index (χ3n) is 6.10. The van der Waals surface area contributed by atoms with E-state index in [-0.39, 0.29) is 11.8 Å². The molecule has 7 heteroatoms. The minimum absolute atomic E-state index is 0.220. The van der Waals surface area contributed by atoms with Gasteiger partial charge < -0.3 is 9.73 Å². The Morgan fingerprint density at radius 3 is 2.74 bits per heavy atom. The highest BCUT2D eigenvalue weighted by atomic mass is 32.1. The number of thiophene rings is 1. The summed E-state index contributed by atoms with van der Waals surface area (Å²) in [6.45, 7) is 2.43. The van der Waals surface area contributed by atoms with Crippen molar-refractivity contribution in [1.29, 1.82) is 0 Å². The fourth-order valence-corrected chi connectivity index (χ4v) is 5.14. The van der Waals surface area contributed by atoms with Crippen molar-refractivity contribution in [2.75, 3.05) is 6.54 Å². The first-order chi connectivity index (χ1) is 16.6. The summed E-state index contributed by atoms with van der Waals surface area (Å²) in [6, 6.07) is 17.5. The second-order valence-electron chi connectivity index (χ2n) is 8.32. The maximum Gasteiger partial charge on any atom is 0.287 e. The molecule has 0 radical (unpaired) electrons. The van der Waals surface area contributed by atoms with Crippen LogP contribution in [0, 0.1) is 6.92 Å². The van der Waals surface area contributed by atoms with Crippen LogP contribution < -0.4 is 10.7 Å². The minimum Gasteiger partial charge on any atom is -0.455 e. The van der Waals surface area contributed by atoms with E-state index >= 15 is 0 Å². The number of hydrogen-bond donors (Lipinski definition) is 2. The lowest BCUT2D eigenvalue weighted by Gasteiger charge is -2.13. The van der Waals surface area contributed by atoms with Crippen molar-refractivity contribution < 1.29 is 14.0 Å². The van der Waals surface area contributed by atoms with E-state index in [2.05, 4.69) is 21.9 Å². The summed E-state index contributed by atoms with van der Waals surface area (Å²) in [7, 11) is 0. The average molecular weight is 472 g/mol. The molecule has 2 heterocycles. The van der Waals surface area contributed by atoms with Gasteiger partial charge in [0.2, 0.25) is 0 Å². The van der Waals surface area contributed by atoms with Gasteiger partial charge in [0.05, 0.1) is 5.71 Å². The molecule has 0 saturated carbocycles. The molecular formula is C27H25N3O3S. The lowest BCUT2D eigenvalue weighted by Crippen LogP contribution is -2.26. The van der Waals surface area contributed by atoms with E-state index in [0.29, 0.717) is 24.3 Å². The van der Waals surface area contributed by atoms with Crippen LogP contribution in [0.5, 0.6) is 0 Å². The fraction of sp³-hybridized carbons (Fsp3) is 0.222. The smallest absolute Gasteiger partial charge is 0.287 e. The Hall–Kier alpha value is -3.71. The minimum atomic E-state index is -0.260. The van der Waals surface area contributed by atoms with Crippen LogP contribution in [0.15, 0.2) is 69.5 Å². The summed E-state index contributed by atoms with van der Waals surface area (Å²) < 4.78 is 5.96. The van der Waals surface area contributed by atoms with Crippen molar-refractivity contribution in [1.82, 2.24) is 10.7 Å². The van der Waals surface area contributed by atoms with Gasteiger partial charge in [-0.05, 0) is 54.5 Å². The van der Waals surface area contributed by atoms with Crippen molar-refractivity contribution in [3.63, 3.8) is 0 Å². The molecule has 0 atom stereocenters. The van der Waals surface area contributed by atoms with Gasteiger partial charge in [0, 0.05) is 34.5 Å². The summed E-state index contributed by atoms with van der Waals surface area (Å²) in [5, 5.41) is 11.3. The number of hydrazone groups is 1. The predicted octanol–water partition coefficient (Wildman–Crippen LogP) is 5.25. The highest BCUT2D eigenvalue weighted by Crippen LogP contribution is 2.30. The van der Waals surface area contributed by atoms with Crippen LogP contribution in [-0.2, 0) is 12.8 Å². The summed E-state index contributed by atoms with van der Waals surface area (Å²) in [4.78, 5) is 26.9. The Morgan fingerprint density at radius 1 is 1.03 bits per heavy atom. The van der Waals surface area contributed by atoms with Gasteiger partial charge in [-0.3, -0.25) is 9.59 Å². The maximum atomic E-state index is 12.9. The van der Waals surface area contributed by atoms with Crippen LogP contribution in [-0.4, -0.2) is 24.1 Å². The van der Waals surface area contributed by atoms with Crippen LogP contribution in [0.2, 0.25) is 0 Å². The number of benzene rings is 2. The van der Waals surface area contributed by atoms with Gasteiger partial charge in [-0.1, -0.05) is 42.5 Å². The molecule has 34 heavy (non-hydrogen) atoms. The molecule has 2 N–H and O–H groups in total. The van der Waals surface area contributed by atoms with E-state index in [9.17, 15) is 9.59 Å². The lowest BCUT2D eigenvalue weighted by molar-refractivity contribution is 0.0922. The number of furan rings is 1. The molecule has 2 amide bonds. The standard InChI is InChI=1S/C27H25N3O3S/c1-17-24-22(29-30-26(31)21-11-4-8-18-7-2-3-10-20(18)21)12-5-13-23(24)33-25(17)27(32)28-15-14-19-9-6-16-34-19/h2-4,6-11,16H,5,12-15H2,1H3,(H,28,32)(H,30,31)/b29-22+. The summed E-state index contributed by atoms with van der Waals surface area (Å²) in [5.74, 6) is 0.600. The third kappa shape index (κ3) is 4.39. The molecule has 0 bridgehead atoms. The van der Waals surface area contributed by atoms with Gasteiger partial charge in [0.25, 0.3) is 11.8 Å². The van der Waals surface area contributed by atoms with Crippen molar-refractivity contribution in [2.24, 2.45) is 5.10 Å². The zero-order valence-electron chi connectivity index (χ0n) is 18.9. The number of amides is 2. The SMILES string of the molecule is Cc1c(C(=O)NCCc2cccs2)oc2c1/C(=N/NC(=O)c1cccc3ccccc13)CCC2. The molecule has 5 rings (SSSR count). The van der Waals surface area contributed by atoms with Crippen LogP contribution >= 0.6 is 11.3 Å². The number of nitrogens with zero attached hydrogens (tertiary/aromatic N) is 1. The van der Waals surface area contributed by atoms with Gasteiger partial charge >= 0.3 is 0 Å². The van der Waals surface area contributed by atoms with Gasteiger partial charge in [-0.15, -0.1) is 11.3 Å². The number of carbonyl (C=O) groups excluding carboxylic acids is 2. The molecule has 0 fully saturated rings. The zero-order valence-corrected chi connectivity index (χ0v) is 19.7. The van der Waals surface area contributed by atoms with Gasteiger partial charge in [0.1, 0.15) is 5.76 Å². The van der Waals surface area contributed by atoms with E-state index in [1.807, 2.05) is 54.8 Å². The quantitative estimate of drug-likeness (QED) is 0.377. The monoisotopic (exact) mass is 471 g/mol. The molecule has 4 aromatic rings. The molecule has 172 valence electrons. The number of carbonyl (C=O) groups is 2. The average Bonchev–Trinajstić information content (AvgIpc) is 3.50. The maximum absolute atomic E-state index is 12.9. The first kappa shape index (κ1) is 22.1. The first-order valence-electron chi connectivity index (χ1n) is 11.4. The molecule has 2 aromatic heterocycles. The number of nitrogens with one attached hydrogen (secondary N) is 2. The first-order valence-corrected chi connectivity index (χ1v) is 12.3. The van der Waals surface area contributed by atoms with Crippen molar-refractivity contribution in [3.05, 3.63) is 93.1 Å². The van der Waals surface area contributed by atoms with Gasteiger partial charge in [0.15, 0.2) is 5.76 Å². The second kappa shape index (κ2) is 9.65. The highest BCUT2D eigenvalue weighted by molar-refractivity contribution is 7.09. The van der Waals surface area contributed by atoms with E-state index in [1.165, 1.54) is 4.88 Å². The Balaban J connectivity index is 1.33. The summed E-state index contributed by atoms with van der Waals surface area (Å²) in [6.07, 6.45) is 3.09. The second-order valence-corrected chi connectivity index (χ2v) is 9.35. The van der Waals surface area contributed by atoms with E-state index in [4.69, 9.17) is 4.42 Å². The van der Waals surface area contributed by atoms with E-state index in [0.717, 1.165) is 52.6 Å². The molecular weight excluding hydrogens is 446 g/mol. The molecule has 0 aliphatic heterocycles. The molecule has 0 spiro atoms. The Labute approximate surface area is 201 Å². The summed E-state index contributed by atoms with van der Waals surface area (Å²) >= 11 is 1.68. The van der Waals surface area contributed by atoms with Crippen LogP contribution in [0.3, 0.4) is 0 Å². The van der Waals surface area contributed by atoms with Crippen LogP contribution in [0.4, 0.5) is 0 Å². The molecule has 0 unspecified atom stereocenters. The summed E-state index contributed by atoms with van der Waals surface area (Å²) in [5.41, 5.74) is 5.65. The molecule has 6 nitrogen and oxygen atoms in total. The fourth-order valence-electron chi connectivity index (χ4n) is 4.43. The Morgan fingerprint density at radius 2 is 1.88 bits per heavy atom. The number of fused-ring (bicyclic) bond motifs is 2. The van der Waals surface area contributed by atoms with Crippen molar-refractivity contribution in [3.8, 4) is 0 Å². The van der Waals surface area contributed by atoms with Crippen LogP contribution in [0.1, 0.15) is 55.5 Å². The van der Waals surface area contributed by atoms with Crippen molar-refractivity contribution in [2.45, 2.75) is 32.6 Å². The predicted molar refractivity (Wildman–Crippen MR) is 135 cm³/mol. The van der Waals surface area contributed by atoms with Crippen LogP contribution in [0.25, 0.3) is 10.8 Å². The molecule has 2 aromatic carbocycles. The number of aryl methyl sites for hydroxylation is 1. The topological polar surface area (TPSA) is 83.7 Å². The number of hydrogen-bond acceptors (Lipinski definition) is 5. The van der Waals surface area contributed by atoms with Crippen molar-refractivity contribution >= 4 is 39.6 Å². The molecule has 1 aliphatic carbocycles. The normalized spacial score (nSPS) is 14.2. The zero-order chi connectivity index (χ0) is 23.5. The number of rotatable bonds is 6. The molecule has 0 saturated heterocycles. The largest absolute Gasteiger partial charge is 0.455 e. The lowest BCUT2D eigenvalue weighted by atomic mass is 9.93. The van der Waals surface area contributed by atoms with Gasteiger partial charge in [-0.25, -0.2) is 5.43 Å². The van der Waals surface area contributed by atoms with E-state index < -0.39 is 0 Å². The highest BCUT2D eigenvalue weighted by Gasteiger charge is 2.28. The van der Waals surface area contributed by atoms with Gasteiger partial charge in [-0.2, -0.15) is 5.10 Å². The third-order valence-corrected chi connectivity index (χ3v) is 7.03. The Bertz CT molecular complexity index is 1380. The molecule has 1 aliphatic rings. The Kier molecular flexibility index (Phi) is 6.27. The van der Waals surface area contributed by atoms with E-state index in [1.54, 1.807) is 17.4 Å².